The van der Waals surface area contributed by atoms with Gasteiger partial charge in [0.2, 0.25) is 0 Å². The van der Waals surface area contributed by atoms with E-state index in [1.807, 2.05) is 6.92 Å². The molecule has 2 aliphatic carbocycles. The molecule has 2 unspecified atom stereocenters. The Morgan fingerprint density at radius 1 is 1.48 bits per heavy atom. The third-order valence-corrected chi connectivity index (χ3v) is 5.34. The van der Waals surface area contributed by atoms with Gasteiger partial charge >= 0.3 is 5.97 Å². The van der Waals surface area contributed by atoms with Gasteiger partial charge in [-0.3, -0.25) is 4.79 Å². The van der Waals surface area contributed by atoms with Crippen molar-refractivity contribution < 1.29 is 9.53 Å². The van der Waals surface area contributed by atoms with Gasteiger partial charge in [-0.15, -0.1) is 11.3 Å². The highest BCUT2D eigenvalue weighted by Gasteiger charge is 2.31. The zero-order chi connectivity index (χ0) is 14.8. The van der Waals surface area contributed by atoms with Gasteiger partial charge in [0.05, 0.1) is 12.3 Å². The minimum absolute atomic E-state index is 0.110. The van der Waals surface area contributed by atoms with Crippen molar-refractivity contribution in [3.8, 4) is 0 Å². The fourth-order valence-corrected chi connectivity index (χ4v) is 4.25. The first-order valence-electron chi connectivity index (χ1n) is 8.10. The molecule has 3 rings (SSSR count). The highest BCUT2D eigenvalue weighted by atomic mass is 32.1. The monoisotopic (exact) mass is 308 g/mol. The van der Waals surface area contributed by atoms with Crippen LogP contribution in [0.1, 0.15) is 62.4 Å². The normalized spacial score (nSPS) is 22.5. The fourth-order valence-electron chi connectivity index (χ4n) is 3.08. The summed E-state index contributed by atoms with van der Waals surface area (Å²) in [6, 6.07) is 0.464. The van der Waals surface area contributed by atoms with E-state index in [4.69, 9.17) is 9.72 Å². The van der Waals surface area contributed by atoms with Gasteiger partial charge in [-0.05, 0) is 45.4 Å². The second-order valence-electron chi connectivity index (χ2n) is 6.25. The summed E-state index contributed by atoms with van der Waals surface area (Å²) in [6.07, 6.45) is 6.95. The number of hydrogen-bond acceptors (Lipinski definition) is 5. The van der Waals surface area contributed by atoms with E-state index >= 15 is 0 Å². The van der Waals surface area contributed by atoms with Crippen LogP contribution >= 0.6 is 11.3 Å². The number of thiazole rings is 1. The van der Waals surface area contributed by atoms with Crippen LogP contribution in [0.15, 0.2) is 0 Å². The molecule has 21 heavy (non-hydrogen) atoms. The molecule has 0 radical (unpaired) electrons. The zero-order valence-corrected chi connectivity index (χ0v) is 13.7. The molecular weight excluding hydrogens is 284 g/mol. The van der Waals surface area contributed by atoms with Gasteiger partial charge in [0.15, 0.2) is 5.13 Å². The number of aromatic nitrogens is 1. The van der Waals surface area contributed by atoms with Gasteiger partial charge in [-0.1, -0.05) is 12.8 Å². The van der Waals surface area contributed by atoms with Crippen molar-refractivity contribution >= 4 is 22.4 Å². The first-order chi connectivity index (χ1) is 10.2. The Morgan fingerprint density at radius 3 is 3.00 bits per heavy atom. The summed E-state index contributed by atoms with van der Waals surface area (Å²) in [6.45, 7) is 4.52. The topological polar surface area (TPSA) is 51.2 Å². The van der Waals surface area contributed by atoms with Crippen molar-refractivity contribution in [2.75, 3.05) is 11.9 Å². The molecule has 0 aromatic carbocycles. The summed E-state index contributed by atoms with van der Waals surface area (Å²) in [7, 11) is 0. The Kier molecular flexibility index (Phi) is 4.48. The quantitative estimate of drug-likeness (QED) is 0.814. The Bertz CT molecular complexity index is 510. The summed E-state index contributed by atoms with van der Waals surface area (Å²) in [4.78, 5) is 18.0. The highest BCUT2D eigenvalue weighted by Crippen LogP contribution is 2.38. The Morgan fingerprint density at radius 2 is 2.29 bits per heavy atom. The largest absolute Gasteiger partial charge is 0.465 e. The molecule has 1 aromatic rings. The summed E-state index contributed by atoms with van der Waals surface area (Å²) in [5.74, 6) is 0.648. The number of nitrogens with one attached hydrogen (secondary N) is 1. The maximum atomic E-state index is 12.1. The predicted octanol–water partition coefficient (Wildman–Crippen LogP) is 3.73. The number of rotatable bonds is 6. The van der Waals surface area contributed by atoms with Crippen LogP contribution in [0.3, 0.4) is 0 Å². The minimum Gasteiger partial charge on any atom is -0.465 e. The molecule has 1 aromatic heterocycles. The number of nitrogens with zero attached hydrogens (tertiary/aromatic N) is 1. The summed E-state index contributed by atoms with van der Waals surface area (Å²) < 4.78 is 5.19. The van der Waals surface area contributed by atoms with Crippen LogP contribution in [0.4, 0.5) is 5.13 Å². The van der Waals surface area contributed by atoms with Crippen molar-refractivity contribution in [1.82, 2.24) is 4.98 Å². The molecule has 1 heterocycles. The summed E-state index contributed by atoms with van der Waals surface area (Å²) >= 11 is 1.72. The average Bonchev–Trinajstić information content (AvgIpc) is 3.15. The van der Waals surface area contributed by atoms with Gasteiger partial charge in [0, 0.05) is 10.9 Å². The first kappa shape index (κ1) is 14.8. The molecule has 0 bridgehead atoms. The molecule has 0 amide bonds. The molecule has 0 spiro atoms. The molecule has 1 fully saturated rings. The van der Waals surface area contributed by atoms with Crippen LogP contribution in [0.5, 0.6) is 0 Å². The van der Waals surface area contributed by atoms with Crippen LogP contribution in [0.25, 0.3) is 0 Å². The van der Waals surface area contributed by atoms with Crippen LogP contribution in [0, 0.1) is 5.92 Å². The lowest BCUT2D eigenvalue weighted by atomic mass is 9.91. The molecule has 0 saturated heterocycles. The van der Waals surface area contributed by atoms with Crippen molar-refractivity contribution in [3.05, 3.63) is 10.6 Å². The molecule has 4 nitrogen and oxygen atoms in total. The van der Waals surface area contributed by atoms with E-state index in [-0.39, 0.29) is 11.9 Å². The first-order valence-corrected chi connectivity index (χ1v) is 8.91. The highest BCUT2D eigenvalue weighted by molar-refractivity contribution is 7.15. The fraction of sp³-hybridized carbons (Fsp3) is 0.750. The van der Waals surface area contributed by atoms with Crippen molar-refractivity contribution in [2.24, 2.45) is 5.92 Å². The van der Waals surface area contributed by atoms with Gasteiger partial charge in [0.25, 0.3) is 0 Å². The SMILES string of the molecule is CCOC(=O)C1CCCc2sc(NC(C)CC3CC3)nc21. The molecule has 0 aliphatic heterocycles. The molecule has 2 atom stereocenters. The second-order valence-corrected chi connectivity index (χ2v) is 7.33. The smallest absolute Gasteiger partial charge is 0.315 e. The van der Waals surface area contributed by atoms with Crippen LogP contribution in [-0.4, -0.2) is 23.6 Å². The second kappa shape index (κ2) is 6.34. The standard InChI is InChI=1S/C16H24N2O2S/c1-3-20-15(19)12-5-4-6-13-14(12)18-16(21-13)17-10(2)9-11-7-8-11/h10-12H,3-9H2,1-2H3,(H,17,18). The van der Waals surface area contributed by atoms with Gasteiger partial charge in [0.1, 0.15) is 5.92 Å². The van der Waals surface area contributed by atoms with E-state index in [2.05, 4.69) is 12.2 Å². The number of fused-ring (bicyclic) bond motifs is 1. The lowest BCUT2D eigenvalue weighted by Crippen LogP contribution is -2.20. The summed E-state index contributed by atoms with van der Waals surface area (Å²) in [5, 5.41) is 4.49. The van der Waals surface area contributed by atoms with Crippen LogP contribution in [-0.2, 0) is 16.0 Å². The molecular formula is C16H24N2O2S. The lowest BCUT2D eigenvalue weighted by molar-refractivity contribution is -0.145. The Labute approximate surface area is 130 Å². The van der Waals surface area contributed by atoms with E-state index in [1.165, 1.54) is 24.1 Å². The number of hydrogen-bond donors (Lipinski definition) is 1. The van der Waals surface area contributed by atoms with Crippen molar-refractivity contribution in [2.45, 2.75) is 64.3 Å². The number of anilines is 1. The van der Waals surface area contributed by atoms with Crippen LogP contribution in [0.2, 0.25) is 0 Å². The molecule has 5 heteroatoms. The maximum absolute atomic E-state index is 12.1. The molecule has 116 valence electrons. The average molecular weight is 308 g/mol. The molecule has 2 aliphatic rings. The minimum atomic E-state index is -0.153. The van der Waals surface area contributed by atoms with Gasteiger partial charge in [-0.2, -0.15) is 0 Å². The predicted molar refractivity (Wildman–Crippen MR) is 84.9 cm³/mol. The number of carbonyl (C=O) groups excluding carboxylic acids is 1. The number of carbonyl (C=O) groups is 1. The number of aryl methyl sites for hydroxylation is 1. The third-order valence-electron chi connectivity index (χ3n) is 4.28. The van der Waals surface area contributed by atoms with Crippen molar-refractivity contribution in [3.63, 3.8) is 0 Å². The van der Waals surface area contributed by atoms with Crippen LogP contribution < -0.4 is 5.32 Å². The number of esters is 1. The van der Waals surface area contributed by atoms with Crippen molar-refractivity contribution in [1.29, 1.82) is 0 Å². The third kappa shape index (κ3) is 3.57. The van der Waals surface area contributed by atoms with Gasteiger partial charge in [-0.25, -0.2) is 4.98 Å². The Balaban J connectivity index is 1.69. The van der Waals surface area contributed by atoms with E-state index in [0.29, 0.717) is 12.6 Å². The summed E-state index contributed by atoms with van der Waals surface area (Å²) in [5.41, 5.74) is 0.964. The van der Waals surface area contributed by atoms with Gasteiger partial charge < -0.3 is 10.1 Å². The van der Waals surface area contributed by atoms with E-state index in [0.717, 1.165) is 36.0 Å². The lowest BCUT2D eigenvalue weighted by Gasteiger charge is -2.19. The molecule has 1 saturated carbocycles. The number of ether oxygens (including phenoxy) is 1. The van der Waals surface area contributed by atoms with E-state index < -0.39 is 0 Å². The van der Waals surface area contributed by atoms with E-state index in [9.17, 15) is 4.79 Å². The maximum Gasteiger partial charge on any atom is 0.315 e. The van der Waals surface area contributed by atoms with E-state index in [1.54, 1.807) is 11.3 Å². The Hall–Kier alpha value is -1.10. The zero-order valence-electron chi connectivity index (χ0n) is 12.9. The molecule has 1 N–H and O–H groups in total.